The monoisotopic (exact) mass is 421 g/mol. The molecule has 1 heterocycles. The van der Waals surface area contributed by atoms with Crippen molar-refractivity contribution in [3.05, 3.63) is 64.4 Å². The minimum absolute atomic E-state index is 0.00185. The summed E-state index contributed by atoms with van der Waals surface area (Å²) >= 11 is 1.32. The first-order valence-electron chi connectivity index (χ1n) is 10.6. The number of carbonyl (C=O) groups excluding carboxylic acids is 1. The number of hydrogen-bond acceptors (Lipinski definition) is 4. The van der Waals surface area contributed by atoms with Crippen LogP contribution in [-0.4, -0.2) is 27.3 Å². The van der Waals surface area contributed by atoms with Gasteiger partial charge in [0.25, 0.3) is 5.56 Å². The van der Waals surface area contributed by atoms with Gasteiger partial charge in [0.1, 0.15) is 0 Å². The molecular weight excluding hydrogens is 394 g/mol. The first-order chi connectivity index (χ1) is 14.5. The van der Waals surface area contributed by atoms with Crippen molar-refractivity contribution in [3.63, 3.8) is 0 Å². The number of para-hydroxylation sites is 2. The molecule has 156 valence electrons. The van der Waals surface area contributed by atoms with Crippen molar-refractivity contribution >= 4 is 28.6 Å². The van der Waals surface area contributed by atoms with Crippen LogP contribution in [0.2, 0.25) is 0 Å². The standard InChI is InChI=1S/C24H27N3O2S/c1-16(2)18-11-6-8-14-21(18)27-23(29)19-12-5-7-13-20(19)26-24(27)30-15-22(28)25-17-9-3-4-10-17/h5-8,11-14,16-17H,3-4,9-10,15H2,1-2H3,(H,25,28). The van der Waals surface area contributed by atoms with Gasteiger partial charge < -0.3 is 5.32 Å². The Kier molecular flexibility index (Phi) is 6.23. The van der Waals surface area contributed by atoms with Gasteiger partial charge in [-0.15, -0.1) is 0 Å². The highest BCUT2D eigenvalue weighted by molar-refractivity contribution is 7.99. The third-order valence-electron chi connectivity index (χ3n) is 5.60. The van der Waals surface area contributed by atoms with E-state index in [0.29, 0.717) is 16.1 Å². The Balaban J connectivity index is 1.74. The molecule has 0 bridgehead atoms. The first kappa shape index (κ1) is 20.7. The van der Waals surface area contributed by atoms with Crippen LogP contribution in [0.5, 0.6) is 0 Å². The number of fused-ring (bicyclic) bond motifs is 1. The molecule has 0 aliphatic heterocycles. The van der Waals surface area contributed by atoms with Crippen molar-refractivity contribution < 1.29 is 4.79 Å². The molecule has 5 nitrogen and oxygen atoms in total. The number of carbonyl (C=O) groups is 1. The fourth-order valence-electron chi connectivity index (χ4n) is 4.07. The molecule has 3 aromatic rings. The van der Waals surface area contributed by atoms with E-state index in [4.69, 9.17) is 4.98 Å². The summed E-state index contributed by atoms with van der Waals surface area (Å²) < 4.78 is 1.67. The molecule has 1 fully saturated rings. The van der Waals surface area contributed by atoms with Crippen LogP contribution in [0, 0.1) is 0 Å². The summed E-state index contributed by atoms with van der Waals surface area (Å²) in [6.45, 7) is 4.22. The second kappa shape index (κ2) is 9.04. The maximum atomic E-state index is 13.5. The quantitative estimate of drug-likeness (QED) is 0.464. The van der Waals surface area contributed by atoms with E-state index in [1.807, 2.05) is 42.5 Å². The minimum atomic E-state index is -0.104. The van der Waals surface area contributed by atoms with Crippen LogP contribution in [-0.2, 0) is 4.79 Å². The zero-order chi connectivity index (χ0) is 21.1. The zero-order valence-corrected chi connectivity index (χ0v) is 18.2. The van der Waals surface area contributed by atoms with Crippen LogP contribution >= 0.6 is 11.8 Å². The predicted octanol–water partition coefficient (Wildman–Crippen LogP) is 4.66. The van der Waals surface area contributed by atoms with E-state index in [1.165, 1.54) is 24.6 Å². The minimum Gasteiger partial charge on any atom is -0.353 e. The van der Waals surface area contributed by atoms with Crippen molar-refractivity contribution in [3.8, 4) is 5.69 Å². The van der Waals surface area contributed by atoms with Gasteiger partial charge in [-0.05, 0) is 42.5 Å². The van der Waals surface area contributed by atoms with E-state index < -0.39 is 0 Å². The summed E-state index contributed by atoms with van der Waals surface area (Å²) in [7, 11) is 0. The van der Waals surface area contributed by atoms with Gasteiger partial charge in [0.15, 0.2) is 5.16 Å². The number of nitrogens with zero attached hydrogens (tertiary/aromatic N) is 2. The van der Waals surface area contributed by atoms with Gasteiger partial charge in [-0.25, -0.2) is 4.98 Å². The summed E-state index contributed by atoms with van der Waals surface area (Å²) in [5.41, 5.74) is 2.45. The molecule has 1 amide bonds. The smallest absolute Gasteiger partial charge is 0.266 e. The van der Waals surface area contributed by atoms with Crippen molar-refractivity contribution in [2.24, 2.45) is 0 Å². The van der Waals surface area contributed by atoms with E-state index in [9.17, 15) is 9.59 Å². The van der Waals surface area contributed by atoms with Crippen molar-refractivity contribution in [1.29, 1.82) is 0 Å². The van der Waals surface area contributed by atoms with Gasteiger partial charge in [-0.3, -0.25) is 14.2 Å². The Labute approximate surface area is 180 Å². The predicted molar refractivity (Wildman–Crippen MR) is 123 cm³/mol. The Morgan fingerprint density at radius 3 is 2.60 bits per heavy atom. The second-order valence-corrected chi connectivity index (χ2v) is 9.05. The maximum absolute atomic E-state index is 13.5. The highest BCUT2D eigenvalue weighted by Crippen LogP contribution is 2.27. The number of thioether (sulfide) groups is 1. The first-order valence-corrected chi connectivity index (χ1v) is 11.6. The number of benzene rings is 2. The summed E-state index contributed by atoms with van der Waals surface area (Å²) in [6.07, 6.45) is 4.46. The molecule has 0 saturated heterocycles. The highest BCUT2D eigenvalue weighted by atomic mass is 32.2. The van der Waals surface area contributed by atoms with Gasteiger partial charge in [0.05, 0.1) is 22.3 Å². The molecule has 1 saturated carbocycles. The van der Waals surface area contributed by atoms with Gasteiger partial charge >= 0.3 is 0 Å². The van der Waals surface area contributed by atoms with E-state index >= 15 is 0 Å². The van der Waals surface area contributed by atoms with Crippen LogP contribution in [0.3, 0.4) is 0 Å². The maximum Gasteiger partial charge on any atom is 0.266 e. The number of aromatic nitrogens is 2. The van der Waals surface area contributed by atoms with E-state index in [1.54, 1.807) is 10.6 Å². The molecule has 30 heavy (non-hydrogen) atoms. The van der Waals surface area contributed by atoms with E-state index in [-0.39, 0.29) is 29.2 Å². The molecule has 1 aromatic heterocycles. The molecule has 0 radical (unpaired) electrons. The molecule has 1 aliphatic carbocycles. The Morgan fingerprint density at radius 2 is 1.83 bits per heavy atom. The molecular formula is C24H27N3O2S. The Hall–Kier alpha value is -2.60. The van der Waals surface area contributed by atoms with Crippen molar-refractivity contribution in [2.45, 2.75) is 56.6 Å². The molecule has 6 heteroatoms. The highest BCUT2D eigenvalue weighted by Gasteiger charge is 2.20. The summed E-state index contributed by atoms with van der Waals surface area (Å²) in [6, 6.07) is 15.6. The topological polar surface area (TPSA) is 64.0 Å². The summed E-state index contributed by atoms with van der Waals surface area (Å²) in [4.78, 5) is 30.7. The SMILES string of the molecule is CC(C)c1ccccc1-n1c(SCC(=O)NC2CCCC2)nc2ccccc2c1=O. The Morgan fingerprint density at radius 1 is 1.13 bits per heavy atom. The fraction of sp³-hybridized carbons (Fsp3) is 0.375. The molecule has 0 atom stereocenters. The number of hydrogen-bond donors (Lipinski definition) is 1. The fourth-order valence-corrected chi connectivity index (χ4v) is 4.89. The Bertz CT molecular complexity index is 1120. The largest absolute Gasteiger partial charge is 0.353 e. The molecule has 2 aromatic carbocycles. The van der Waals surface area contributed by atoms with Crippen LogP contribution in [0.1, 0.15) is 51.0 Å². The molecule has 0 spiro atoms. The normalized spacial score (nSPS) is 14.5. The van der Waals surface area contributed by atoms with Crippen LogP contribution in [0.15, 0.2) is 58.5 Å². The second-order valence-electron chi connectivity index (χ2n) is 8.10. The lowest BCUT2D eigenvalue weighted by Gasteiger charge is -2.18. The van der Waals surface area contributed by atoms with E-state index in [0.717, 1.165) is 24.1 Å². The molecule has 1 aliphatic rings. The van der Waals surface area contributed by atoms with Crippen molar-refractivity contribution in [1.82, 2.24) is 14.9 Å². The van der Waals surface area contributed by atoms with Gasteiger partial charge in [-0.1, -0.05) is 68.8 Å². The third kappa shape index (κ3) is 4.29. The van der Waals surface area contributed by atoms with Gasteiger partial charge in [0.2, 0.25) is 5.91 Å². The summed E-state index contributed by atoms with van der Waals surface area (Å²) in [5.74, 6) is 0.492. The lowest BCUT2D eigenvalue weighted by atomic mass is 10.0. The number of nitrogens with one attached hydrogen (secondary N) is 1. The lowest BCUT2D eigenvalue weighted by Crippen LogP contribution is -2.34. The molecule has 1 N–H and O–H groups in total. The number of rotatable bonds is 6. The average Bonchev–Trinajstić information content (AvgIpc) is 3.25. The average molecular weight is 422 g/mol. The van der Waals surface area contributed by atoms with Crippen LogP contribution in [0.4, 0.5) is 0 Å². The van der Waals surface area contributed by atoms with Crippen molar-refractivity contribution in [2.75, 3.05) is 5.75 Å². The van der Waals surface area contributed by atoms with Gasteiger partial charge in [0, 0.05) is 6.04 Å². The summed E-state index contributed by atoms with van der Waals surface area (Å²) in [5, 5.41) is 4.24. The van der Waals surface area contributed by atoms with Gasteiger partial charge in [-0.2, -0.15) is 0 Å². The van der Waals surface area contributed by atoms with Crippen LogP contribution in [0.25, 0.3) is 16.6 Å². The zero-order valence-electron chi connectivity index (χ0n) is 17.4. The van der Waals surface area contributed by atoms with Crippen LogP contribution < -0.4 is 10.9 Å². The number of amides is 1. The van der Waals surface area contributed by atoms with E-state index in [2.05, 4.69) is 19.2 Å². The molecule has 0 unspecified atom stereocenters. The third-order valence-corrected chi connectivity index (χ3v) is 6.54. The molecule has 4 rings (SSSR count). The lowest BCUT2D eigenvalue weighted by molar-refractivity contribution is -0.119.